The van der Waals surface area contributed by atoms with Crippen LogP contribution in [0.25, 0.3) is 0 Å². The highest BCUT2D eigenvalue weighted by atomic mass is 79.9. The molecule has 0 saturated heterocycles. The monoisotopic (exact) mass is 276 g/mol. The van der Waals surface area contributed by atoms with Gasteiger partial charge in [0.15, 0.2) is 0 Å². The second kappa shape index (κ2) is 4.80. The molecule has 1 aromatic rings. The maximum absolute atomic E-state index is 10.9. The fourth-order valence-corrected chi connectivity index (χ4v) is 1.43. The maximum Gasteiger partial charge on any atom is 0.252 e. The average molecular weight is 278 g/mol. The number of hydrogen-bond donors (Lipinski definition) is 0. The third kappa shape index (κ3) is 3.00. The number of benzene rings is 1. The largest absolute Gasteiger partial charge is 0.490 e. The molecule has 0 aliphatic carbocycles. The van der Waals surface area contributed by atoms with Gasteiger partial charge >= 0.3 is 0 Å². The van der Waals surface area contributed by atoms with Gasteiger partial charge in [-0.25, -0.2) is 0 Å². The van der Waals surface area contributed by atoms with Crippen molar-refractivity contribution in [2.45, 2.75) is 20.0 Å². The first-order valence-corrected chi connectivity index (χ1v) is 5.34. The zero-order chi connectivity index (χ0) is 10.7. The van der Waals surface area contributed by atoms with Crippen LogP contribution in [0.4, 0.5) is 0 Å². The molecule has 0 amide bonds. The number of ether oxygens (including phenoxy) is 1. The van der Waals surface area contributed by atoms with Gasteiger partial charge < -0.3 is 4.74 Å². The van der Waals surface area contributed by atoms with Crippen molar-refractivity contribution >= 4 is 32.8 Å². The summed E-state index contributed by atoms with van der Waals surface area (Å²) in [6.45, 7) is 3.84. The fourth-order valence-electron chi connectivity index (χ4n) is 0.970. The lowest BCUT2D eigenvalue weighted by molar-refractivity contribution is 0.108. The third-order valence-electron chi connectivity index (χ3n) is 1.52. The standard InChI is InChI=1S/C10H10BrClO2/c1-6(2)14-9-5-7(10(12)13)3-4-8(9)11/h3-6H,1-2H3. The van der Waals surface area contributed by atoms with Crippen LogP contribution in [0.1, 0.15) is 24.2 Å². The molecular weight excluding hydrogens is 267 g/mol. The highest BCUT2D eigenvalue weighted by Crippen LogP contribution is 2.27. The minimum absolute atomic E-state index is 0.0620. The Morgan fingerprint density at radius 1 is 1.50 bits per heavy atom. The molecule has 0 saturated carbocycles. The molecule has 0 radical (unpaired) electrons. The highest BCUT2D eigenvalue weighted by Gasteiger charge is 2.08. The minimum atomic E-state index is -0.480. The number of halogens is 2. The van der Waals surface area contributed by atoms with E-state index in [1.807, 2.05) is 13.8 Å². The van der Waals surface area contributed by atoms with Crippen molar-refractivity contribution < 1.29 is 9.53 Å². The Morgan fingerprint density at radius 2 is 2.14 bits per heavy atom. The maximum atomic E-state index is 10.9. The first-order valence-electron chi connectivity index (χ1n) is 4.16. The van der Waals surface area contributed by atoms with E-state index in [0.29, 0.717) is 11.3 Å². The fraction of sp³-hybridized carbons (Fsp3) is 0.300. The Labute approximate surface area is 96.3 Å². The van der Waals surface area contributed by atoms with Crippen molar-refractivity contribution in [3.8, 4) is 5.75 Å². The van der Waals surface area contributed by atoms with Crippen molar-refractivity contribution in [3.05, 3.63) is 28.2 Å². The van der Waals surface area contributed by atoms with Crippen molar-refractivity contribution in [3.63, 3.8) is 0 Å². The molecule has 0 aliphatic heterocycles. The number of hydrogen-bond acceptors (Lipinski definition) is 2. The summed E-state index contributed by atoms with van der Waals surface area (Å²) < 4.78 is 6.29. The van der Waals surface area contributed by atoms with Crippen molar-refractivity contribution in [1.29, 1.82) is 0 Å². The summed E-state index contributed by atoms with van der Waals surface area (Å²) in [4.78, 5) is 10.9. The summed E-state index contributed by atoms with van der Waals surface area (Å²) in [7, 11) is 0. The molecular formula is C10H10BrClO2. The average Bonchev–Trinajstić information content (AvgIpc) is 2.07. The summed E-state index contributed by atoms with van der Waals surface area (Å²) in [5.74, 6) is 0.631. The van der Waals surface area contributed by atoms with E-state index in [4.69, 9.17) is 16.3 Å². The molecule has 0 unspecified atom stereocenters. The van der Waals surface area contributed by atoms with E-state index in [9.17, 15) is 4.79 Å². The van der Waals surface area contributed by atoms with Gasteiger partial charge in [-0.2, -0.15) is 0 Å². The van der Waals surface area contributed by atoms with Crippen LogP contribution in [0.3, 0.4) is 0 Å². The molecule has 0 aliphatic rings. The van der Waals surface area contributed by atoms with Crippen molar-refractivity contribution in [2.24, 2.45) is 0 Å². The smallest absolute Gasteiger partial charge is 0.252 e. The van der Waals surface area contributed by atoms with Gasteiger partial charge in [-0.1, -0.05) is 0 Å². The van der Waals surface area contributed by atoms with Crippen LogP contribution in [-0.4, -0.2) is 11.3 Å². The van der Waals surface area contributed by atoms with E-state index < -0.39 is 5.24 Å². The van der Waals surface area contributed by atoms with E-state index in [1.165, 1.54) is 0 Å². The zero-order valence-corrected chi connectivity index (χ0v) is 10.2. The highest BCUT2D eigenvalue weighted by molar-refractivity contribution is 9.10. The first kappa shape index (κ1) is 11.5. The van der Waals surface area contributed by atoms with Gasteiger partial charge in [-0.15, -0.1) is 0 Å². The molecule has 2 nitrogen and oxygen atoms in total. The molecule has 1 aromatic carbocycles. The Bertz CT molecular complexity index is 350. The summed E-state index contributed by atoms with van der Waals surface area (Å²) in [5, 5.41) is -0.480. The Kier molecular flexibility index (Phi) is 3.96. The van der Waals surface area contributed by atoms with Crippen LogP contribution >= 0.6 is 27.5 Å². The lowest BCUT2D eigenvalue weighted by atomic mass is 10.2. The molecule has 0 bridgehead atoms. The summed E-state index contributed by atoms with van der Waals surface area (Å²) in [6.07, 6.45) is 0.0620. The van der Waals surface area contributed by atoms with Gasteiger partial charge in [-0.3, -0.25) is 4.79 Å². The Morgan fingerprint density at radius 3 is 2.64 bits per heavy atom. The molecule has 0 atom stereocenters. The lowest BCUT2D eigenvalue weighted by Gasteiger charge is -2.11. The number of carbonyl (C=O) groups is 1. The minimum Gasteiger partial charge on any atom is -0.490 e. The summed E-state index contributed by atoms with van der Waals surface area (Å²) in [6, 6.07) is 5.01. The van der Waals surface area contributed by atoms with E-state index >= 15 is 0 Å². The van der Waals surface area contributed by atoms with E-state index in [2.05, 4.69) is 15.9 Å². The predicted molar refractivity (Wildman–Crippen MR) is 60.1 cm³/mol. The molecule has 0 aromatic heterocycles. The van der Waals surface area contributed by atoms with Gasteiger partial charge in [0.2, 0.25) is 0 Å². The predicted octanol–water partition coefficient (Wildman–Crippen LogP) is 3.62. The molecule has 0 N–H and O–H groups in total. The third-order valence-corrected chi connectivity index (χ3v) is 2.39. The van der Waals surface area contributed by atoms with E-state index in [-0.39, 0.29) is 6.10 Å². The van der Waals surface area contributed by atoms with Gasteiger partial charge in [0, 0.05) is 5.56 Å². The molecule has 76 valence electrons. The van der Waals surface area contributed by atoms with Gasteiger partial charge in [0.05, 0.1) is 10.6 Å². The Hall–Kier alpha value is -0.540. The second-order valence-corrected chi connectivity index (χ2v) is 4.28. The molecule has 14 heavy (non-hydrogen) atoms. The van der Waals surface area contributed by atoms with Gasteiger partial charge in [0.1, 0.15) is 5.75 Å². The van der Waals surface area contributed by atoms with Crippen LogP contribution in [-0.2, 0) is 0 Å². The SMILES string of the molecule is CC(C)Oc1cc(C(=O)Cl)ccc1Br. The summed E-state index contributed by atoms with van der Waals surface area (Å²) >= 11 is 8.68. The normalized spacial score (nSPS) is 10.4. The van der Waals surface area contributed by atoms with Crippen LogP contribution < -0.4 is 4.74 Å². The van der Waals surface area contributed by atoms with Crippen LogP contribution in [0.5, 0.6) is 5.75 Å². The van der Waals surface area contributed by atoms with Gasteiger partial charge in [-0.05, 0) is 59.6 Å². The summed E-state index contributed by atoms with van der Waals surface area (Å²) in [5.41, 5.74) is 0.436. The zero-order valence-electron chi connectivity index (χ0n) is 7.88. The molecule has 0 fully saturated rings. The van der Waals surface area contributed by atoms with Crippen LogP contribution in [0.15, 0.2) is 22.7 Å². The van der Waals surface area contributed by atoms with Crippen molar-refractivity contribution in [2.75, 3.05) is 0 Å². The Balaban J connectivity index is 3.02. The van der Waals surface area contributed by atoms with Crippen molar-refractivity contribution in [1.82, 2.24) is 0 Å². The molecule has 0 heterocycles. The lowest BCUT2D eigenvalue weighted by Crippen LogP contribution is -2.06. The van der Waals surface area contributed by atoms with E-state index in [0.717, 1.165) is 4.47 Å². The number of carbonyl (C=O) groups excluding carboxylic acids is 1. The topological polar surface area (TPSA) is 26.3 Å². The number of rotatable bonds is 3. The second-order valence-electron chi connectivity index (χ2n) is 3.09. The van der Waals surface area contributed by atoms with E-state index in [1.54, 1.807) is 18.2 Å². The molecule has 4 heteroatoms. The van der Waals surface area contributed by atoms with Gasteiger partial charge in [0.25, 0.3) is 5.24 Å². The quantitative estimate of drug-likeness (QED) is 0.789. The molecule has 1 rings (SSSR count). The molecule has 0 spiro atoms. The van der Waals surface area contributed by atoms with Crippen LogP contribution in [0, 0.1) is 0 Å². The first-order chi connectivity index (χ1) is 6.50. The van der Waals surface area contributed by atoms with Crippen LogP contribution in [0.2, 0.25) is 0 Å².